The summed E-state index contributed by atoms with van der Waals surface area (Å²) in [5.41, 5.74) is 1.26. The van der Waals surface area contributed by atoms with Gasteiger partial charge in [0.05, 0.1) is 18.4 Å². The minimum absolute atomic E-state index is 0.126. The molecule has 1 N–H and O–H groups in total. The van der Waals surface area contributed by atoms with Crippen LogP contribution in [0, 0.1) is 0 Å². The first-order chi connectivity index (χ1) is 13.1. The quantitative estimate of drug-likeness (QED) is 0.674. The van der Waals surface area contributed by atoms with Gasteiger partial charge in [0.1, 0.15) is 5.75 Å². The van der Waals surface area contributed by atoms with Gasteiger partial charge in [-0.15, -0.1) is 0 Å². The van der Waals surface area contributed by atoms with Gasteiger partial charge in [0.2, 0.25) is 0 Å². The van der Waals surface area contributed by atoms with Crippen LogP contribution in [0.5, 0.6) is 5.75 Å². The zero-order valence-electron chi connectivity index (χ0n) is 14.3. The van der Waals surface area contributed by atoms with Gasteiger partial charge < -0.3 is 10.1 Å². The number of aromatic nitrogens is 3. The van der Waals surface area contributed by atoms with E-state index >= 15 is 0 Å². The van der Waals surface area contributed by atoms with Crippen LogP contribution in [-0.2, 0) is 11.3 Å². The summed E-state index contributed by atoms with van der Waals surface area (Å²) in [6, 6.07) is 13.7. The van der Waals surface area contributed by atoms with Crippen LogP contribution in [0.1, 0.15) is 0 Å². The van der Waals surface area contributed by atoms with Crippen LogP contribution in [0.2, 0.25) is 5.02 Å². The number of nitrogens with one attached hydrogen (secondary N) is 1. The van der Waals surface area contributed by atoms with Crippen LogP contribution >= 0.6 is 11.6 Å². The Balaban J connectivity index is 1.54. The second-order valence-electron chi connectivity index (χ2n) is 5.61. The SMILES string of the molecule is O=C(COc1cccnc1)NCCn1nc(-c2ccc(Cl)cc2)ccc1=O. The zero-order chi connectivity index (χ0) is 19.1. The number of ether oxygens (including phenoxy) is 1. The van der Waals surface area contributed by atoms with E-state index < -0.39 is 0 Å². The van der Waals surface area contributed by atoms with Crippen molar-refractivity contribution in [2.24, 2.45) is 0 Å². The van der Waals surface area contributed by atoms with Gasteiger partial charge >= 0.3 is 0 Å². The fourth-order valence-corrected chi connectivity index (χ4v) is 2.44. The van der Waals surface area contributed by atoms with Crippen molar-refractivity contribution in [3.05, 3.63) is 76.3 Å². The van der Waals surface area contributed by atoms with Gasteiger partial charge in [0.15, 0.2) is 6.61 Å². The van der Waals surface area contributed by atoms with E-state index in [0.717, 1.165) is 5.56 Å². The van der Waals surface area contributed by atoms with Crippen molar-refractivity contribution in [1.82, 2.24) is 20.1 Å². The van der Waals surface area contributed by atoms with E-state index in [0.29, 0.717) is 16.5 Å². The topological polar surface area (TPSA) is 86.1 Å². The number of hydrogen-bond donors (Lipinski definition) is 1. The molecule has 138 valence electrons. The Kier molecular flexibility index (Phi) is 6.17. The minimum atomic E-state index is -0.291. The molecule has 27 heavy (non-hydrogen) atoms. The molecule has 0 aliphatic heterocycles. The number of benzene rings is 1. The number of nitrogens with zero attached hydrogens (tertiary/aromatic N) is 3. The number of amides is 1. The molecule has 2 heterocycles. The van der Waals surface area contributed by atoms with E-state index in [1.54, 1.807) is 36.5 Å². The molecule has 0 atom stereocenters. The molecule has 3 rings (SSSR count). The summed E-state index contributed by atoms with van der Waals surface area (Å²) in [7, 11) is 0. The zero-order valence-corrected chi connectivity index (χ0v) is 15.1. The summed E-state index contributed by atoms with van der Waals surface area (Å²) >= 11 is 5.89. The van der Waals surface area contributed by atoms with Gasteiger partial charge in [-0.05, 0) is 30.3 Å². The molecule has 8 heteroatoms. The van der Waals surface area contributed by atoms with Crippen molar-refractivity contribution in [2.45, 2.75) is 6.54 Å². The lowest BCUT2D eigenvalue weighted by atomic mass is 10.1. The number of rotatable bonds is 7. The molecule has 0 fully saturated rings. The minimum Gasteiger partial charge on any atom is -0.482 e. The molecule has 1 aromatic carbocycles. The predicted octanol–water partition coefficient (Wildman–Crippen LogP) is 2.15. The Morgan fingerprint density at radius 2 is 1.96 bits per heavy atom. The van der Waals surface area contributed by atoms with Crippen molar-refractivity contribution in [3.63, 3.8) is 0 Å². The van der Waals surface area contributed by atoms with Gasteiger partial charge in [0, 0.05) is 29.4 Å². The maximum absolute atomic E-state index is 12.0. The first-order valence-corrected chi connectivity index (χ1v) is 8.63. The Morgan fingerprint density at radius 1 is 1.15 bits per heavy atom. The van der Waals surface area contributed by atoms with E-state index in [9.17, 15) is 9.59 Å². The normalized spacial score (nSPS) is 10.4. The monoisotopic (exact) mass is 384 g/mol. The van der Waals surface area contributed by atoms with Crippen LogP contribution in [0.15, 0.2) is 65.7 Å². The molecule has 0 aliphatic carbocycles. The predicted molar refractivity (Wildman–Crippen MR) is 102 cm³/mol. The van der Waals surface area contributed by atoms with Crippen LogP contribution in [0.25, 0.3) is 11.3 Å². The fourth-order valence-electron chi connectivity index (χ4n) is 2.32. The molecule has 3 aromatic rings. The summed E-state index contributed by atoms with van der Waals surface area (Å²) in [4.78, 5) is 27.7. The summed E-state index contributed by atoms with van der Waals surface area (Å²) in [5, 5.41) is 7.65. The highest BCUT2D eigenvalue weighted by atomic mass is 35.5. The van der Waals surface area contributed by atoms with Gasteiger partial charge in [-0.3, -0.25) is 14.6 Å². The summed E-state index contributed by atoms with van der Waals surface area (Å²) in [6.45, 7) is 0.379. The lowest BCUT2D eigenvalue weighted by molar-refractivity contribution is -0.123. The standard InChI is InChI=1S/C19H17ClN4O3/c20-15-5-3-14(4-6-15)17-7-8-19(26)24(23-17)11-10-22-18(25)13-27-16-2-1-9-21-12-16/h1-9,12H,10-11,13H2,(H,22,25). The Labute approximate surface area is 160 Å². The van der Waals surface area contributed by atoms with Gasteiger partial charge in [0.25, 0.3) is 11.5 Å². The highest BCUT2D eigenvalue weighted by Crippen LogP contribution is 2.18. The smallest absolute Gasteiger partial charge is 0.266 e. The van der Waals surface area contributed by atoms with E-state index in [1.807, 2.05) is 12.1 Å². The average Bonchev–Trinajstić information content (AvgIpc) is 2.69. The maximum atomic E-state index is 12.0. The molecule has 7 nitrogen and oxygen atoms in total. The Bertz CT molecular complexity index is 959. The van der Waals surface area contributed by atoms with E-state index in [4.69, 9.17) is 16.3 Å². The molecule has 0 radical (unpaired) electrons. The lowest BCUT2D eigenvalue weighted by Crippen LogP contribution is -2.34. The van der Waals surface area contributed by atoms with Crippen molar-refractivity contribution < 1.29 is 9.53 Å². The second kappa shape index (κ2) is 8.95. The summed E-state index contributed by atoms with van der Waals surface area (Å²) in [6.07, 6.45) is 3.15. The lowest BCUT2D eigenvalue weighted by Gasteiger charge is -2.09. The van der Waals surface area contributed by atoms with Crippen molar-refractivity contribution in [1.29, 1.82) is 0 Å². The van der Waals surface area contributed by atoms with Crippen LogP contribution in [0.3, 0.4) is 0 Å². The van der Waals surface area contributed by atoms with Crippen molar-refractivity contribution in [3.8, 4) is 17.0 Å². The number of carbonyl (C=O) groups is 1. The highest BCUT2D eigenvalue weighted by molar-refractivity contribution is 6.30. The Hall–Kier alpha value is -3.19. The second-order valence-corrected chi connectivity index (χ2v) is 6.05. The van der Waals surface area contributed by atoms with E-state index in [1.165, 1.54) is 16.9 Å². The first kappa shape index (κ1) is 18.6. The summed E-state index contributed by atoms with van der Waals surface area (Å²) in [5.74, 6) is 0.224. The van der Waals surface area contributed by atoms with Crippen LogP contribution < -0.4 is 15.6 Å². The number of hydrogen-bond acceptors (Lipinski definition) is 5. The highest BCUT2D eigenvalue weighted by Gasteiger charge is 2.06. The van der Waals surface area contributed by atoms with Crippen LogP contribution in [0.4, 0.5) is 0 Å². The maximum Gasteiger partial charge on any atom is 0.266 e. The Morgan fingerprint density at radius 3 is 2.70 bits per heavy atom. The van der Waals surface area contributed by atoms with Crippen LogP contribution in [-0.4, -0.2) is 33.8 Å². The van der Waals surface area contributed by atoms with Gasteiger partial charge in [-0.1, -0.05) is 23.7 Å². The molecule has 0 bridgehead atoms. The molecule has 0 saturated carbocycles. The molecule has 0 unspecified atom stereocenters. The van der Waals surface area contributed by atoms with Crippen molar-refractivity contribution in [2.75, 3.05) is 13.2 Å². The third-order valence-corrected chi connectivity index (χ3v) is 3.91. The first-order valence-electron chi connectivity index (χ1n) is 8.25. The molecule has 0 saturated heterocycles. The molecule has 2 aromatic heterocycles. The fraction of sp³-hybridized carbons (Fsp3) is 0.158. The molecular formula is C19H17ClN4O3. The largest absolute Gasteiger partial charge is 0.482 e. The molecular weight excluding hydrogens is 368 g/mol. The molecule has 0 aliphatic rings. The number of halogens is 1. The summed E-state index contributed by atoms with van der Waals surface area (Å²) < 4.78 is 6.62. The third-order valence-electron chi connectivity index (χ3n) is 3.66. The molecule has 0 spiro atoms. The van der Waals surface area contributed by atoms with Gasteiger partial charge in [-0.25, -0.2) is 4.68 Å². The van der Waals surface area contributed by atoms with Gasteiger partial charge in [-0.2, -0.15) is 5.10 Å². The number of carbonyl (C=O) groups excluding carboxylic acids is 1. The van der Waals surface area contributed by atoms with E-state index in [-0.39, 0.29) is 31.2 Å². The average molecular weight is 385 g/mol. The molecule has 1 amide bonds. The third kappa shape index (κ3) is 5.39. The van der Waals surface area contributed by atoms with E-state index in [2.05, 4.69) is 15.4 Å². The van der Waals surface area contributed by atoms with Crippen molar-refractivity contribution >= 4 is 17.5 Å². The number of pyridine rings is 1.